The van der Waals surface area contributed by atoms with Gasteiger partial charge in [-0.05, 0) is 12.0 Å². The summed E-state index contributed by atoms with van der Waals surface area (Å²) in [7, 11) is 0. The quantitative estimate of drug-likeness (QED) is 0.788. The lowest BCUT2D eigenvalue weighted by Gasteiger charge is -2.09. The van der Waals surface area contributed by atoms with Gasteiger partial charge in [0.25, 0.3) is 0 Å². The summed E-state index contributed by atoms with van der Waals surface area (Å²) in [5.74, 6) is 0.957. The van der Waals surface area contributed by atoms with Crippen LogP contribution in [0.4, 0.5) is 0 Å². The van der Waals surface area contributed by atoms with Gasteiger partial charge in [0.05, 0.1) is 0 Å². The van der Waals surface area contributed by atoms with Crippen LogP contribution in [0.25, 0.3) is 0 Å². The first-order valence-electron chi connectivity index (χ1n) is 5.12. The Morgan fingerprint density at radius 3 is 2.67 bits per heavy atom. The summed E-state index contributed by atoms with van der Waals surface area (Å²) >= 11 is 0. The summed E-state index contributed by atoms with van der Waals surface area (Å²) in [6.07, 6.45) is 5.26. The Kier molecular flexibility index (Phi) is 3.15. The molecule has 1 aromatic heterocycles. The molecule has 0 radical (unpaired) electrons. The highest BCUT2D eigenvalue weighted by Gasteiger charge is 2.06. The SMILES string of the molecule is NC(Cc1ccccc1)Cc1ncc[nH]1. The smallest absolute Gasteiger partial charge is 0.107 e. The van der Waals surface area contributed by atoms with E-state index in [4.69, 9.17) is 5.73 Å². The second kappa shape index (κ2) is 4.75. The number of aromatic amines is 1. The molecule has 1 aromatic carbocycles. The summed E-state index contributed by atoms with van der Waals surface area (Å²) in [5, 5.41) is 0. The van der Waals surface area contributed by atoms with Gasteiger partial charge >= 0.3 is 0 Å². The standard InChI is InChI=1S/C12H15N3/c13-11(9-12-14-6-7-15-12)8-10-4-2-1-3-5-10/h1-7,11H,8-9,13H2,(H,14,15). The minimum Gasteiger partial charge on any atom is -0.349 e. The van der Waals surface area contributed by atoms with E-state index in [9.17, 15) is 0 Å². The molecule has 78 valence electrons. The Morgan fingerprint density at radius 2 is 2.00 bits per heavy atom. The number of aromatic nitrogens is 2. The van der Waals surface area contributed by atoms with Crippen LogP contribution >= 0.6 is 0 Å². The molecule has 15 heavy (non-hydrogen) atoms. The van der Waals surface area contributed by atoms with Crippen molar-refractivity contribution in [3.63, 3.8) is 0 Å². The normalized spacial score (nSPS) is 12.6. The van der Waals surface area contributed by atoms with Gasteiger partial charge in [0.15, 0.2) is 0 Å². The number of nitrogens with one attached hydrogen (secondary N) is 1. The van der Waals surface area contributed by atoms with Crippen LogP contribution in [0, 0.1) is 0 Å². The van der Waals surface area contributed by atoms with E-state index >= 15 is 0 Å². The van der Waals surface area contributed by atoms with Crippen LogP contribution in [0.3, 0.4) is 0 Å². The maximum Gasteiger partial charge on any atom is 0.107 e. The number of imidazole rings is 1. The minimum atomic E-state index is 0.124. The van der Waals surface area contributed by atoms with E-state index in [0.717, 1.165) is 18.7 Å². The fourth-order valence-electron chi connectivity index (χ4n) is 1.65. The fraction of sp³-hybridized carbons (Fsp3) is 0.250. The van der Waals surface area contributed by atoms with Crippen LogP contribution in [-0.2, 0) is 12.8 Å². The Labute approximate surface area is 89.4 Å². The Hall–Kier alpha value is -1.61. The molecule has 0 bridgehead atoms. The van der Waals surface area contributed by atoms with Crippen LogP contribution < -0.4 is 5.73 Å². The average molecular weight is 201 g/mol. The summed E-state index contributed by atoms with van der Waals surface area (Å²) < 4.78 is 0. The lowest BCUT2D eigenvalue weighted by atomic mass is 10.0. The molecule has 3 nitrogen and oxygen atoms in total. The van der Waals surface area contributed by atoms with Gasteiger partial charge < -0.3 is 10.7 Å². The van der Waals surface area contributed by atoms with E-state index in [0.29, 0.717) is 0 Å². The van der Waals surface area contributed by atoms with Crippen molar-refractivity contribution in [2.24, 2.45) is 5.73 Å². The first kappa shape index (κ1) is 9.93. The van der Waals surface area contributed by atoms with Crippen molar-refractivity contribution in [2.45, 2.75) is 18.9 Å². The molecule has 3 N–H and O–H groups in total. The van der Waals surface area contributed by atoms with E-state index in [1.165, 1.54) is 5.56 Å². The number of nitrogens with two attached hydrogens (primary N) is 1. The largest absolute Gasteiger partial charge is 0.349 e. The van der Waals surface area contributed by atoms with Crippen molar-refractivity contribution in [2.75, 3.05) is 0 Å². The van der Waals surface area contributed by atoms with E-state index in [1.54, 1.807) is 6.20 Å². The van der Waals surface area contributed by atoms with Gasteiger partial charge in [0, 0.05) is 24.9 Å². The van der Waals surface area contributed by atoms with Crippen molar-refractivity contribution in [1.29, 1.82) is 0 Å². The fourth-order valence-corrected chi connectivity index (χ4v) is 1.65. The molecule has 0 saturated carbocycles. The third kappa shape index (κ3) is 2.92. The number of rotatable bonds is 4. The molecule has 0 saturated heterocycles. The maximum absolute atomic E-state index is 6.04. The predicted octanol–water partition coefficient (Wildman–Crippen LogP) is 1.52. The topological polar surface area (TPSA) is 54.7 Å². The van der Waals surface area contributed by atoms with E-state index in [1.807, 2.05) is 24.4 Å². The van der Waals surface area contributed by atoms with Crippen LogP contribution in [0.1, 0.15) is 11.4 Å². The highest BCUT2D eigenvalue weighted by molar-refractivity contribution is 5.16. The molecule has 1 heterocycles. The van der Waals surface area contributed by atoms with Gasteiger partial charge in [0.2, 0.25) is 0 Å². The van der Waals surface area contributed by atoms with Crippen LogP contribution in [-0.4, -0.2) is 16.0 Å². The summed E-state index contributed by atoms with van der Waals surface area (Å²) in [5.41, 5.74) is 7.31. The second-order valence-corrected chi connectivity index (χ2v) is 3.69. The first-order valence-corrected chi connectivity index (χ1v) is 5.12. The molecule has 1 unspecified atom stereocenters. The number of benzene rings is 1. The zero-order valence-electron chi connectivity index (χ0n) is 8.56. The van der Waals surface area contributed by atoms with Crippen LogP contribution in [0.2, 0.25) is 0 Å². The molecule has 2 rings (SSSR count). The lowest BCUT2D eigenvalue weighted by molar-refractivity contribution is 0.645. The van der Waals surface area contributed by atoms with E-state index < -0.39 is 0 Å². The zero-order valence-corrected chi connectivity index (χ0v) is 8.56. The Bertz CT molecular complexity index is 381. The Morgan fingerprint density at radius 1 is 1.20 bits per heavy atom. The molecule has 0 fully saturated rings. The number of nitrogens with zero attached hydrogens (tertiary/aromatic N) is 1. The molecular weight excluding hydrogens is 186 g/mol. The molecule has 3 heteroatoms. The maximum atomic E-state index is 6.04. The first-order chi connectivity index (χ1) is 7.34. The number of H-pyrrole nitrogens is 1. The molecule has 0 aliphatic heterocycles. The van der Waals surface area contributed by atoms with Gasteiger partial charge in [-0.2, -0.15) is 0 Å². The summed E-state index contributed by atoms with van der Waals surface area (Å²) in [6.45, 7) is 0. The molecule has 1 atom stereocenters. The van der Waals surface area contributed by atoms with Crippen LogP contribution in [0.15, 0.2) is 42.7 Å². The molecule has 0 aliphatic rings. The van der Waals surface area contributed by atoms with Crippen molar-refractivity contribution in [1.82, 2.24) is 9.97 Å². The van der Waals surface area contributed by atoms with Crippen molar-refractivity contribution in [3.8, 4) is 0 Å². The molecule has 0 spiro atoms. The number of hydrogen-bond donors (Lipinski definition) is 2. The molecular formula is C12H15N3. The monoisotopic (exact) mass is 201 g/mol. The second-order valence-electron chi connectivity index (χ2n) is 3.69. The van der Waals surface area contributed by atoms with E-state index in [-0.39, 0.29) is 6.04 Å². The number of hydrogen-bond acceptors (Lipinski definition) is 2. The minimum absolute atomic E-state index is 0.124. The van der Waals surface area contributed by atoms with Crippen molar-refractivity contribution < 1.29 is 0 Å². The summed E-state index contributed by atoms with van der Waals surface area (Å²) in [6, 6.07) is 10.4. The van der Waals surface area contributed by atoms with Crippen molar-refractivity contribution >= 4 is 0 Å². The highest BCUT2D eigenvalue weighted by Crippen LogP contribution is 2.04. The van der Waals surface area contributed by atoms with Gasteiger partial charge in [-0.15, -0.1) is 0 Å². The average Bonchev–Trinajstić information content (AvgIpc) is 2.71. The van der Waals surface area contributed by atoms with Gasteiger partial charge in [-0.25, -0.2) is 4.98 Å². The predicted molar refractivity (Wildman–Crippen MR) is 60.4 cm³/mol. The summed E-state index contributed by atoms with van der Waals surface area (Å²) in [4.78, 5) is 7.22. The zero-order chi connectivity index (χ0) is 10.5. The molecule has 2 aromatic rings. The van der Waals surface area contributed by atoms with Gasteiger partial charge in [0.1, 0.15) is 5.82 Å². The lowest BCUT2D eigenvalue weighted by Crippen LogP contribution is -2.26. The third-order valence-electron chi connectivity index (χ3n) is 2.35. The van der Waals surface area contributed by atoms with Crippen molar-refractivity contribution in [3.05, 3.63) is 54.1 Å². The third-order valence-corrected chi connectivity index (χ3v) is 2.35. The van der Waals surface area contributed by atoms with Gasteiger partial charge in [-0.3, -0.25) is 0 Å². The molecule has 0 amide bonds. The highest BCUT2D eigenvalue weighted by atomic mass is 14.9. The van der Waals surface area contributed by atoms with Gasteiger partial charge in [-0.1, -0.05) is 30.3 Å². The molecule has 0 aliphatic carbocycles. The van der Waals surface area contributed by atoms with E-state index in [2.05, 4.69) is 22.1 Å². The van der Waals surface area contributed by atoms with Crippen LogP contribution in [0.5, 0.6) is 0 Å². The Balaban J connectivity index is 1.90.